The van der Waals surface area contributed by atoms with Gasteiger partial charge in [-0.15, -0.1) is 5.10 Å². The third-order valence-electron chi connectivity index (χ3n) is 2.84. The molecule has 1 fully saturated rings. The van der Waals surface area contributed by atoms with Gasteiger partial charge in [-0.1, -0.05) is 11.6 Å². The Bertz CT molecular complexity index is 425. The smallest absolute Gasteiger partial charge is 0.325 e. The molecule has 0 atom stereocenters. The molecule has 1 aromatic heterocycles. The van der Waals surface area contributed by atoms with Crippen molar-refractivity contribution in [2.24, 2.45) is 5.92 Å². The number of carbonyl (C=O) groups excluding carboxylic acids is 1. The van der Waals surface area contributed by atoms with E-state index in [-0.39, 0.29) is 18.1 Å². The van der Waals surface area contributed by atoms with E-state index < -0.39 is 5.97 Å². The van der Waals surface area contributed by atoms with Gasteiger partial charge in [0.15, 0.2) is 5.69 Å². The summed E-state index contributed by atoms with van der Waals surface area (Å²) in [5.41, 5.74) is 0.158. The second-order valence-electron chi connectivity index (χ2n) is 4.20. The van der Waals surface area contributed by atoms with E-state index >= 15 is 0 Å². The van der Waals surface area contributed by atoms with Crippen LogP contribution >= 0.6 is 0 Å². The molecule has 7 nitrogen and oxygen atoms in total. The minimum absolute atomic E-state index is 0.158. The molecule has 1 amide bonds. The van der Waals surface area contributed by atoms with Crippen LogP contribution in [0.25, 0.3) is 0 Å². The second kappa shape index (κ2) is 4.94. The molecule has 0 aliphatic heterocycles. The molecular weight excluding hydrogens is 224 g/mol. The van der Waals surface area contributed by atoms with Crippen molar-refractivity contribution in [3.05, 3.63) is 11.9 Å². The van der Waals surface area contributed by atoms with Gasteiger partial charge in [-0.25, -0.2) is 4.68 Å². The summed E-state index contributed by atoms with van der Waals surface area (Å²) in [5, 5.41) is 18.5. The molecule has 1 saturated carbocycles. The van der Waals surface area contributed by atoms with Gasteiger partial charge in [-0.2, -0.15) is 0 Å². The number of nitrogens with one attached hydrogen (secondary N) is 1. The monoisotopic (exact) mass is 238 g/mol. The zero-order chi connectivity index (χ0) is 12.3. The zero-order valence-electron chi connectivity index (χ0n) is 9.30. The van der Waals surface area contributed by atoms with Gasteiger partial charge in [0.1, 0.15) is 6.54 Å². The molecule has 0 bridgehead atoms. The maximum atomic E-state index is 11.6. The lowest BCUT2D eigenvalue weighted by Gasteiger charge is -2.25. The average molecular weight is 238 g/mol. The van der Waals surface area contributed by atoms with Gasteiger partial charge in [0.05, 0.1) is 6.20 Å². The Morgan fingerprint density at radius 3 is 2.88 bits per heavy atom. The lowest BCUT2D eigenvalue weighted by atomic mass is 9.85. The Labute approximate surface area is 97.8 Å². The van der Waals surface area contributed by atoms with Crippen molar-refractivity contribution >= 4 is 11.9 Å². The summed E-state index contributed by atoms with van der Waals surface area (Å²) in [5.74, 6) is -0.738. The molecule has 17 heavy (non-hydrogen) atoms. The van der Waals surface area contributed by atoms with Gasteiger partial charge >= 0.3 is 5.97 Å². The molecule has 0 aromatic carbocycles. The Kier molecular flexibility index (Phi) is 3.36. The molecule has 1 aliphatic carbocycles. The molecule has 0 spiro atoms. The Morgan fingerprint density at radius 2 is 2.29 bits per heavy atom. The average Bonchev–Trinajstić information content (AvgIpc) is 2.62. The van der Waals surface area contributed by atoms with Crippen molar-refractivity contribution < 1.29 is 14.7 Å². The summed E-state index contributed by atoms with van der Waals surface area (Å²) in [6, 6.07) is 0. The van der Waals surface area contributed by atoms with Crippen LogP contribution in [-0.2, 0) is 11.3 Å². The molecule has 1 aromatic rings. The lowest BCUT2D eigenvalue weighted by Crippen LogP contribution is -2.32. The minimum atomic E-state index is -1.02. The van der Waals surface area contributed by atoms with Crippen LogP contribution in [0.5, 0.6) is 0 Å². The number of carboxylic acid groups (broad SMARTS) is 1. The van der Waals surface area contributed by atoms with Crippen LogP contribution < -0.4 is 5.32 Å². The SMILES string of the molecule is O=C(O)Cn1cc(C(=O)NCC2CCC2)nn1. The summed E-state index contributed by atoms with van der Waals surface area (Å²) in [6.07, 6.45) is 4.89. The highest BCUT2D eigenvalue weighted by atomic mass is 16.4. The molecule has 7 heteroatoms. The first kappa shape index (κ1) is 11.6. The van der Waals surface area contributed by atoms with Crippen molar-refractivity contribution in [3.8, 4) is 0 Å². The van der Waals surface area contributed by atoms with Crippen LogP contribution in [0.15, 0.2) is 6.20 Å². The van der Waals surface area contributed by atoms with Gasteiger partial charge < -0.3 is 10.4 Å². The molecule has 0 saturated heterocycles. The number of nitrogens with zero attached hydrogens (tertiary/aromatic N) is 3. The van der Waals surface area contributed by atoms with Crippen LogP contribution in [0.1, 0.15) is 29.8 Å². The Hall–Kier alpha value is -1.92. The van der Waals surface area contributed by atoms with Gasteiger partial charge in [0.25, 0.3) is 5.91 Å². The highest BCUT2D eigenvalue weighted by molar-refractivity contribution is 5.91. The summed E-state index contributed by atoms with van der Waals surface area (Å²) in [6.45, 7) is 0.369. The van der Waals surface area contributed by atoms with Crippen LogP contribution in [0.2, 0.25) is 0 Å². The standard InChI is InChI=1S/C10H14N4O3/c15-9(16)6-14-5-8(12-13-14)10(17)11-4-7-2-1-3-7/h5,7H,1-4,6H2,(H,11,17)(H,15,16). The predicted octanol–water partition coefficient (Wildman–Crippen LogP) is -0.107. The third kappa shape index (κ3) is 3.02. The summed E-state index contributed by atoms with van der Waals surface area (Å²) < 4.78 is 1.13. The molecule has 1 heterocycles. The number of hydrogen-bond acceptors (Lipinski definition) is 4. The number of rotatable bonds is 5. The number of carboxylic acids is 1. The van der Waals surface area contributed by atoms with Crippen LogP contribution in [0, 0.1) is 5.92 Å². The number of aliphatic carboxylic acids is 1. The van der Waals surface area contributed by atoms with Crippen LogP contribution in [0.3, 0.4) is 0 Å². The van der Waals surface area contributed by atoms with Crippen molar-refractivity contribution in [2.75, 3.05) is 6.54 Å². The maximum Gasteiger partial charge on any atom is 0.325 e. The van der Waals surface area contributed by atoms with Crippen molar-refractivity contribution in [2.45, 2.75) is 25.8 Å². The number of carbonyl (C=O) groups is 2. The fourth-order valence-corrected chi connectivity index (χ4v) is 1.64. The van der Waals surface area contributed by atoms with Gasteiger partial charge in [-0.3, -0.25) is 9.59 Å². The number of amides is 1. The van der Waals surface area contributed by atoms with E-state index in [2.05, 4.69) is 15.6 Å². The second-order valence-corrected chi connectivity index (χ2v) is 4.20. The highest BCUT2D eigenvalue weighted by Crippen LogP contribution is 2.25. The van der Waals surface area contributed by atoms with Crippen molar-refractivity contribution in [1.82, 2.24) is 20.3 Å². The molecular formula is C10H14N4O3. The molecule has 0 unspecified atom stereocenters. The highest BCUT2D eigenvalue weighted by Gasteiger charge is 2.19. The van der Waals surface area contributed by atoms with E-state index in [1.165, 1.54) is 12.6 Å². The fourth-order valence-electron chi connectivity index (χ4n) is 1.64. The van der Waals surface area contributed by atoms with E-state index in [1.807, 2.05) is 0 Å². The summed E-state index contributed by atoms with van der Waals surface area (Å²) in [7, 11) is 0. The fraction of sp³-hybridized carbons (Fsp3) is 0.600. The number of aromatic nitrogens is 3. The quantitative estimate of drug-likeness (QED) is 0.746. The normalized spacial score (nSPS) is 15.3. The Balaban J connectivity index is 1.85. The van der Waals surface area contributed by atoms with Crippen molar-refractivity contribution in [3.63, 3.8) is 0 Å². The topological polar surface area (TPSA) is 97.1 Å². The minimum Gasteiger partial charge on any atom is -0.480 e. The molecule has 2 rings (SSSR count). The lowest BCUT2D eigenvalue weighted by molar-refractivity contribution is -0.137. The number of hydrogen-bond donors (Lipinski definition) is 2. The van der Waals surface area contributed by atoms with E-state index in [4.69, 9.17) is 5.11 Å². The van der Waals surface area contributed by atoms with E-state index in [9.17, 15) is 9.59 Å². The van der Waals surface area contributed by atoms with Crippen LogP contribution in [-0.4, -0.2) is 38.5 Å². The first-order valence-corrected chi connectivity index (χ1v) is 5.55. The van der Waals surface area contributed by atoms with E-state index in [1.54, 1.807) is 0 Å². The first-order chi connectivity index (χ1) is 8.15. The largest absolute Gasteiger partial charge is 0.480 e. The van der Waals surface area contributed by atoms with Gasteiger partial charge in [0, 0.05) is 6.54 Å². The molecule has 92 valence electrons. The molecule has 1 aliphatic rings. The van der Waals surface area contributed by atoms with Gasteiger partial charge in [-0.05, 0) is 18.8 Å². The third-order valence-corrected chi connectivity index (χ3v) is 2.84. The Morgan fingerprint density at radius 1 is 1.53 bits per heavy atom. The maximum absolute atomic E-state index is 11.6. The summed E-state index contributed by atoms with van der Waals surface area (Å²) in [4.78, 5) is 22.0. The summed E-state index contributed by atoms with van der Waals surface area (Å²) >= 11 is 0. The molecule has 2 N–H and O–H groups in total. The van der Waals surface area contributed by atoms with Crippen LogP contribution in [0.4, 0.5) is 0 Å². The zero-order valence-corrected chi connectivity index (χ0v) is 9.30. The van der Waals surface area contributed by atoms with E-state index in [0.29, 0.717) is 12.5 Å². The first-order valence-electron chi connectivity index (χ1n) is 5.55. The molecule has 0 radical (unpaired) electrons. The van der Waals surface area contributed by atoms with E-state index in [0.717, 1.165) is 17.5 Å². The van der Waals surface area contributed by atoms with Gasteiger partial charge in [0.2, 0.25) is 0 Å². The van der Waals surface area contributed by atoms with Crippen molar-refractivity contribution in [1.29, 1.82) is 0 Å². The predicted molar refractivity (Wildman–Crippen MR) is 57.3 cm³/mol.